The molecule has 0 saturated carbocycles. The lowest BCUT2D eigenvalue weighted by Gasteiger charge is -2.12. The van der Waals surface area contributed by atoms with Crippen LogP contribution in [-0.4, -0.2) is 38.4 Å². The number of hydrogen-bond acceptors (Lipinski definition) is 8. The normalized spacial score (nSPS) is 10.4. The fourth-order valence-electron chi connectivity index (χ4n) is 3.95. The molecule has 0 radical (unpaired) electrons. The van der Waals surface area contributed by atoms with Crippen LogP contribution in [0.2, 0.25) is 0 Å². The number of hydrogen-bond donors (Lipinski definition) is 0. The third-order valence-electron chi connectivity index (χ3n) is 6.01. The summed E-state index contributed by atoms with van der Waals surface area (Å²) in [5.41, 5.74) is 0.740. The van der Waals surface area contributed by atoms with Crippen molar-refractivity contribution < 1.29 is 38.0 Å². The van der Waals surface area contributed by atoms with Crippen LogP contribution in [0.5, 0.6) is 23.0 Å². The Hall–Kier alpha value is -5.24. The van der Waals surface area contributed by atoms with Crippen LogP contribution in [0.1, 0.15) is 33.6 Å². The summed E-state index contributed by atoms with van der Waals surface area (Å²) in [5, 5.41) is 1.25. The Morgan fingerprint density at radius 2 is 0.952 bits per heavy atom. The third kappa shape index (κ3) is 8.38. The number of carbonyl (C=O) groups is 2. The summed E-state index contributed by atoms with van der Waals surface area (Å²) in [7, 11) is 0. The molecule has 4 aromatic carbocycles. The molecule has 0 atom stereocenters. The van der Waals surface area contributed by atoms with Crippen LogP contribution in [0, 0.1) is 0 Å². The highest BCUT2D eigenvalue weighted by atomic mass is 16.5. The van der Waals surface area contributed by atoms with E-state index in [0.717, 1.165) is 0 Å². The second kappa shape index (κ2) is 15.5. The molecule has 42 heavy (non-hydrogen) atoms. The lowest BCUT2D eigenvalue weighted by molar-refractivity contribution is 0.0725. The Morgan fingerprint density at radius 3 is 1.33 bits per heavy atom. The molecule has 0 saturated heterocycles. The minimum absolute atomic E-state index is 0.345. The number of benzene rings is 4. The molecule has 0 amide bonds. The van der Waals surface area contributed by atoms with Gasteiger partial charge in [-0.25, -0.2) is 9.59 Å². The van der Waals surface area contributed by atoms with E-state index in [1.807, 2.05) is 0 Å². The van der Waals surface area contributed by atoms with Gasteiger partial charge in [0.25, 0.3) is 0 Å². The van der Waals surface area contributed by atoms with Crippen LogP contribution >= 0.6 is 0 Å². The average molecular weight is 569 g/mol. The van der Waals surface area contributed by atoms with Crippen LogP contribution in [0.15, 0.2) is 111 Å². The molecule has 0 aliphatic heterocycles. The fraction of sp³-hybridized carbons (Fsp3) is 0.176. The second-order valence-corrected chi connectivity index (χ2v) is 8.91. The largest absolute Gasteiger partial charge is 0.502 e. The van der Waals surface area contributed by atoms with Crippen LogP contribution < -0.4 is 18.9 Å². The fourth-order valence-corrected chi connectivity index (χ4v) is 3.95. The van der Waals surface area contributed by atoms with Crippen molar-refractivity contribution in [2.45, 2.75) is 12.8 Å². The minimum Gasteiger partial charge on any atom is -0.502 e. The quantitative estimate of drug-likeness (QED) is 0.0610. The van der Waals surface area contributed by atoms with E-state index in [9.17, 15) is 9.59 Å². The molecule has 0 unspecified atom stereocenters. The van der Waals surface area contributed by atoms with E-state index in [4.69, 9.17) is 28.4 Å². The Labute approximate surface area is 244 Å². The van der Waals surface area contributed by atoms with Crippen molar-refractivity contribution >= 4 is 22.7 Å². The van der Waals surface area contributed by atoms with Gasteiger partial charge >= 0.3 is 11.9 Å². The standard InChI is InChI=1S/C34H32O8/c1-3-37-21-7-23-39-27-17-13-25(14-18-27)33(35)41-31-11-5-10-30-29(31)9-6-12-32(30)42-34(36)26-15-19-28(20-16-26)40-24-8-22-38-4-2/h3-6,9-20H,1-2,7-8,21-24H2. The zero-order chi connectivity index (χ0) is 29.6. The van der Waals surface area contributed by atoms with E-state index >= 15 is 0 Å². The predicted octanol–water partition coefficient (Wildman–Crippen LogP) is 7.14. The second-order valence-electron chi connectivity index (χ2n) is 8.91. The van der Waals surface area contributed by atoms with E-state index in [2.05, 4.69) is 13.2 Å². The number of esters is 2. The summed E-state index contributed by atoms with van der Waals surface area (Å²) < 4.78 is 32.9. The maximum atomic E-state index is 12.9. The summed E-state index contributed by atoms with van der Waals surface area (Å²) in [6, 6.07) is 23.9. The van der Waals surface area contributed by atoms with E-state index in [-0.39, 0.29) is 0 Å². The predicted molar refractivity (Wildman–Crippen MR) is 159 cm³/mol. The maximum absolute atomic E-state index is 12.9. The molecule has 8 heteroatoms. The van der Waals surface area contributed by atoms with Gasteiger partial charge < -0.3 is 28.4 Å². The van der Waals surface area contributed by atoms with Crippen molar-refractivity contribution in [1.82, 2.24) is 0 Å². The van der Waals surface area contributed by atoms with E-state index in [1.54, 1.807) is 84.9 Å². The van der Waals surface area contributed by atoms with Crippen LogP contribution in [0.4, 0.5) is 0 Å². The minimum atomic E-state index is -0.522. The number of ether oxygens (including phenoxy) is 6. The van der Waals surface area contributed by atoms with Crippen molar-refractivity contribution in [3.63, 3.8) is 0 Å². The maximum Gasteiger partial charge on any atom is 0.343 e. The van der Waals surface area contributed by atoms with Gasteiger partial charge in [-0.1, -0.05) is 37.4 Å². The first-order valence-electron chi connectivity index (χ1n) is 13.5. The molecule has 216 valence electrons. The van der Waals surface area contributed by atoms with Gasteiger partial charge in [0.1, 0.15) is 23.0 Å². The van der Waals surface area contributed by atoms with Gasteiger partial charge in [-0.2, -0.15) is 0 Å². The van der Waals surface area contributed by atoms with Crippen molar-refractivity contribution in [3.8, 4) is 23.0 Å². The highest BCUT2D eigenvalue weighted by Crippen LogP contribution is 2.33. The number of rotatable bonds is 16. The summed E-state index contributed by atoms with van der Waals surface area (Å²) >= 11 is 0. The molecule has 8 nitrogen and oxygen atoms in total. The molecular weight excluding hydrogens is 536 g/mol. The van der Waals surface area contributed by atoms with Crippen molar-refractivity contribution in [3.05, 3.63) is 122 Å². The molecule has 4 aromatic rings. The van der Waals surface area contributed by atoms with Crippen molar-refractivity contribution in [2.75, 3.05) is 26.4 Å². The van der Waals surface area contributed by atoms with Gasteiger partial charge in [-0.3, -0.25) is 0 Å². The molecule has 0 aliphatic rings. The van der Waals surface area contributed by atoms with Gasteiger partial charge in [0.05, 0.1) is 50.1 Å². The molecule has 0 bridgehead atoms. The molecule has 0 spiro atoms. The summed E-state index contributed by atoms with van der Waals surface area (Å²) in [4.78, 5) is 25.8. The molecule has 0 N–H and O–H groups in total. The summed E-state index contributed by atoms with van der Waals surface area (Å²) in [5.74, 6) is 0.921. The van der Waals surface area contributed by atoms with Crippen LogP contribution in [0.3, 0.4) is 0 Å². The van der Waals surface area contributed by atoms with E-state index in [0.29, 0.717) is 84.2 Å². The Morgan fingerprint density at radius 1 is 0.548 bits per heavy atom. The Kier molecular flexibility index (Phi) is 11.0. The molecular formula is C34H32O8. The van der Waals surface area contributed by atoms with Crippen molar-refractivity contribution in [2.24, 2.45) is 0 Å². The first-order valence-corrected chi connectivity index (χ1v) is 13.5. The zero-order valence-corrected chi connectivity index (χ0v) is 23.2. The zero-order valence-electron chi connectivity index (χ0n) is 23.2. The Balaban J connectivity index is 1.38. The lowest BCUT2D eigenvalue weighted by Crippen LogP contribution is -2.10. The van der Waals surface area contributed by atoms with Gasteiger partial charge in [0, 0.05) is 23.6 Å². The third-order valence-corrected chi connectivity index (χ3v) is 6.01. The van der Waals surface area contributed by atoms with E-state index < -0.39 is 11.9 Å². The monoisotopic (exact) mass is 568 g/mol. The van der Waals surface area contributed by atoms with Gasteiger partial charge in [0.2, 0.25) is 0 Å². The van der Waals surface area contributed by atoms with Gasteiger partial charge in [-0.15, -0.1) is 0 Å². The molecule has 0 aromatic heterocycles. The van der Waals surface area contributed by atoms with Gasteiger partial charge in [-0.05, 0) is 60.7 Å². The first-order chi connectivity index (χ1) is 20.6. The lowest BCUT2D eigenvalue weighted by atomic mass is 10.1. The SMILES string of the molecule is C=COCCCOc1ccc(C(=O)Oc2cccc3c(OC(=O)c4ccc(OCCCOC=C)cc4)cccc23)cc1. The van der Waals surface area contributed by atoms with Crippen LogP contribution in [-0.2, 0) is 9.47 Å². The van der Waals surface area contributed by atoms with Gasteiger partial charge in [0.15, 0.2) is 0 Å². The van der Waals surface area contributed by atoms with Crippen molar-refractivity contribution in [1.29, 1.82) is 0 Å². The smallest absolute Gasteiger partial charge is 0.343 e. The number of fused-ring (bicyclic) bond motifs is 1. The molecule has 4 rings (SSSR count). The van der Waals surface area contributed by atoms with Crippen LogP contribution in [0.25, 0.3) is 10.8 Å². The molecule has 0 heterocycles. The molecule has 0 aliphatic carbocycles. The summed E-state index contributed by atoms with van der Waals surface area (Å²) in [6.07, 6.45) is 4.21. The van der Waals surface area contributed by atoms with E-state index in [1.165, 1.54) is 12.5 Å². The molecule has 0 fully saturated rings. The average Bonchev–Trinajstić information content (AvgIpc) is 3.02. The Bertz CT molecular complexity index is 1380. The highest BCUT2D eigenvalue weighted by molar-refractivity contribution is 5.99. The number of carbonyl (C=O) groups excluding carboxylic acids is 2. The first kappa shape index (κ1) is 29.7. The highest BCUT2D eigenvalue weighted by Gasteiger charge is 2.15. The summed E-state index contributed by atoms with van der Waals surface area (Å²) in [6.45, 7) is 9.00. The topological polar surface area (TPSA) is 89.5 Å².